The highest BCUT2D eigenvalue weighted by atomic mass is 32.2. The highest BCUT2D eigenvalue weighted by Crippen LogP contribution is 2.70. The van der Waals surface area contributed by atoms with Gasteiger partial charge in [0.1, 0.15) is 0 Å². The highest BCUT2D eigenvalue weighted by Gasteiger charge is 2.64. The maximum absolute atomic E-state index is 11.2. The molecule has 0 aromatic rings. The molecule has 0 amide bonds. The molecule has 1 spiro atoms. The molecule has 150 valence electrons. The molecule has 5 aliphatic rings. The summed E-state index contributed by atoms with van der Waals surface area (Å²) in [5.74, 6) is 5.39. The lowest BCUT2D eigenvalue weighted by Crippen LogP contribution is -2.56. The predicted molar refractivity (Wildman–Crippen MR) is 119 cm³/mol. The van der Waals surface area contributed by atoms with Crippen LogP contribution >= 0.6 is 23.5 Å². The van der Waals surface area contributed by atoms with Crippen LogP contribution in [-0.2, 0) is 0 Å². The van der Waals surface area contributed by atoms with E-state index in [4.69, 9.17) is 0 Å². The number of hydrogen-bond acceptors (Lipinski definition) is 3. The molecular weight excluding hydrogens is 368 g/mol. The number of aliphatic hydroxyl groups is 1. The Bertz CT molecular complexity index is 676. The number of hydrogen-bond donors (Lipinski definition) is 1. The van der Waals surface area contributed by atoms with E-state index < -0.39 is 5.60 Å². The molecule has 1 saturated heterocycles. The van der Waals surface area contributed by atoms with Crippen LogP contribution in [0.5, 0.6) is 0 Å². The summed E-state index contributed by atoms with van der Waals surface area (Å²) in [6.07, 6.45) is 13.6. The Kier molecular flexibility index (Phi) is 4.30. The van der Waals surface area contributed by atoms with E-state index in [9.17, 15) is 5.11 Å². The van der Waals surface area contributed by atoms with Crippen molar-refractivity contribution in [1.82, 2.24) is 0 Å². The third kappa shape index (κ3) is 2.49. The first kappa shape index (κ1) is 19.1. The fraction of sp³-hybridized carbons (Fsp3) is 0.833. The van der Waals surface area contributed by atoms with Gasteiger partial charge in [-0.05, 0) is 86.4 Å². The molecule has 27 heavy (non-hydrogen) atoms. The molecule has 0 radical (unpaired) electrons. The van der Waals surface area contributed by atoms with Crippen LogP contribution in [0.15, 0.2) is 24.3 Å². The van der Waals surface area contributed by atoms with Crippen LogP contribution in [0.2, 0.25) is 0 Å². The summed E-state index contributed by atoms with van der Waals surface area (Å²) in [7, 11) is 0. The van der Waals surface area contributed by atoms with E-state index in [2.05, 4.69) is 63.0 Å². The van der Waals surface area contributed by atoms with E-state index in [0.717, 1.165) is 18.3 Å². The van der Waals surface area contributed by atoms with E-state index in [1.807, 2.05) is 0 Å². The molecule has 0 aromatic heterocycles. The van der Waals surface area contributed by atoms with Crippen LogP contribution in [0, 0.1) is 34.5 Å². The Morgan fingerprint density at radius 2 is 1.74 bits per heavy atom. The summed E-state index contributed by atoms with van der Waals surface area (Å²) in [6.45, 7) is 11.4. The number of fused-ring (bicyclic) bond motifs is 5. The Morgan fingerprint density at radius 1 is 1.04 bits per heavy atom. The smallest absolute Gasteiger partial charge is 0.0795 e. The minimum absolute atomic E-state index is 0.0973. The van der Waals surface area contributed by atoms with Crippen LogP contribution < -0.4 is 0 Å². The number of allylic oxidation sites excluding steroid dienone is 2. The maximum Gasteiger partial charge on any atom is 0.0795 e. The molecule has 0 aromatic carbocycles. The molecule has 0 bridgehead atoms. The van der Waals surface area contributed by atoms with Crippen molar-refractivity contribution in [2.45, 2.75) is 75.4 Å². The maximum atomic E-state index is 11.2. The van der Waals surface area contributed by atoms with Crippen molar-refractivity contribution in [3.63, 3.8) is 0 Å². The molecule has 7 atom stereocenters. The minimum atomic E-state index is -0.487. The Balaban J connectivity index is 1.54. The first-order chi connectivity index (χ1) is 12.7. The quantitative estimate of drug-likeness (QED) is 0.519. The van der Waals surface area contributed by atoms with Gasteiger partial charge in [0.05, 0.1) is 9.68 Å². The van der Waals surface area contributed by atoms with Crippen LogP contribution in [0.4, 0.5) is 0 Å². The lowest BCUT2D eigenvalue weighted by molar-refractivity contribution is -0.126. The van der Waals surface area contributed by atoms with E-state index >= 15 is 0 Å². The fourth-order valence-corrected chi connectivity index (χ4v) is 11.1. The molecule has 3 heteroatoms. The summed E-state index contributed by atoms with van der Waals surface area (Å²) in [6, 6.07) is 0. The summed E-state index contributed by atoms with van der Waals surface area (Å²) < 4.78 is 0.383. The van der Waals surface area contributed by atoms with E-state index in [0.29, 0.717) is 21.3 Å². The third-order valence-corrected chi connectivity index (χ3v) is 13.3. The first-order valence-electron chi connectivity index (χ1n) is 11.1. The van der Waals surface area contributed by atoms with Crippen LogP contribution in [0.3, 0.4) is 0 Å². The van der Waals surface area contributed by atoms with Crippen LogP contribution in [-0.4, -0.2) is 26.3 Å². The normalized spacial score (nSPS) is 53.4. The molecule has 5 rings (SSSR count). The zero-order valence-corrected chi connectivity index (χ0v) is 18.9. The average molecular weight is 405 g/mol. The van der Waals surface area contributed by atoms with Gasteiger partial charge in [0.15, 0.2) is 0 Å². The third-order valence-electron chi connectivity index (χ3n) is 9.86. The molecule has 1 aliphatic heterocycles. The predicted octanol–water partition coefficient (Wildman–Crippen LogP) is 6.29. The molecule has 4 aliphatic carbocycles. The van der Waals surface area contributed by atoms with E-state index in [1.54, 1.807) is 5.57 Å². The minimum Gasteiger partial charge on any atom is -0.390 e. The Labute approximate surface area is 174 Å². The van der Waals surface area contributed by atoms with Gasteiger partial charge in [0.25, 0.3) is 0 Å². The largest absolute Gasteiger partial charge is 0.390 e. The van der Waals surface area contributed by atoms with Gasteiger partial charge in [-0.3, -0.25) is 0 Å². The van der Waals surface area contributed by atoms with Gasteiger partial charge in [0.2, 0.25) is 0 Å². The topological polar surface area (TPSA) is 20.2 Å². The lowest BCUT2D eigenvalue weighted by Gasteiger charge is -2.61. The molecule has 4 fully saturated rings. The molecule has 1 N–H and O–H groups in total. The summed E-state index contributed by atoms with van der Waals surface area (Å²) in [4.78, 5) is 0. The van der Waals surface area contributed by atoms with Crippen molar-refractivity contribution >= 4 is 23.5 Å². The second-order valence-corrected chi connectivity index (χ2v) is 13.9. The zero-order valence-electron chi connectivity index (χ0n) is 17.3. The van der Waals surface area contributed by atoms with Crippen molar-refractivity contribution in [2.24, 2.45) is 34.5 Å². The monoisotopic (exact) mass is 404 g/mol. The summed E-state index contributed by atoms with van der Waals surface area (Å²) >= 11 is 4.40. The first-order valence-corrected chi connectivity index (χ1v) is 13.1. The average Bonchev–Trinajstić information content (AvgIpc) is 3.18. The second kappa shape index (κ2) is 6.08. The van der Waals surface area contributed by atoms with Gasteiger partial charge in [-0.15, -0.1) is 30.1 Å². The van der Waals surface area contributed by atoms with Crippen LogP contribution in [0.25, 0.3) is 0 Å². The molecule has 1 nitrogen and oxygen atoms in total. The van der Waals surface area contributed by atoms with Crippen molar-refractivity contribution < 1.29 is 5.11 Å². The number of rotatable bonds is 1. The van der Waals surface area contributed by atoms with Gasteiger partial charge < -0.3 is 5.11 Å². The molecule has 3 saturated carbocycles. The highest BCUT2D eigenvalue weighted by molar-refractivity contribution is 8.21. The Morgan fingerprint density at radius 3 is 2.44 bits per heavy atom. The van der Waals surface area contributed by atoms with Crippen molar-refractivity contribution in [3.8, 4) is 0 Å². The van der Waals surface area contributed by atoms with Crippen LogP contribution in [0.1, 0.15) is 65.7 Å². The molecule has 1 heterocycles. The van der Waals surface area contributed by atoms with Crippen molar-refractivity contribution in [2.75, 3.05) is 11.5 Å². The summed E-state index contributed by atoms with van der Waals surface area (Å²) in [5, 5.41) is 11.2. The Hall–Kier alpha value is 0.140. The fourth-order valence-electron chi connectivity index (χ4n) is 7.92. The van der Waals surface area contributed by atoms with Gasteiger partial charge in [-0.2, -0.15) is 0 Å². The van der Waals surface area contributed by atoms with Crippen molar-refractivity contribution in [3.05, 3.63) is 24.3 Å². The molecule has 0 unspecified atom stereocenters. The number of thioether (sulfide) groups is 2. The standard InChI is InChI=1S/C24H36OS2/c1-5-16-14-17-15-24(26-12-13-27-24)11-10-21(17,2)18-6-8-22(3)19(20(16)18)7-9-23(22,4)25/h5,15-16,18-20,25H,1,6-14H2,2-4H3/t16-,18+,19+,20-,21+,22+,23+/m1/s1. The van der Waals surface area contributed by atoms with E-state index in [-0.39, 0.29) is 5.41 Å². The van der Waals surface area contributed by atoms with Gasteiger partial charge >= 0.3 is 0 Å². The van der Waals surface area contributed by atoms with Crippen molar-refractivity contribution in [1.29, 1.82) is 0 Å². The zero-order chi connectivity index (χ0) is 19.1. The summed E-state index contributed by atoms with van der Waals surface area (Å²) in [5.41, 5.74) is 1.75. The van der Waals surface area contributed by atoms with Gasteiger partial charge in [0, 0.05) is 11.5 Å². The van der Waals surface area contributed by atoms with E-state index in [1.165, 1.54) is 50.0 Å². The SMILES string of the molecule is C=C[C@@H]1CC2=CC3(CC[C@]2(C)[C@H]2CC[C@@]4(C)[C@@H](CC[C@]4(C)O)[C@H]12)SCCS3. The van der Waals surface area contributed by atoms with Gasteiger partial charge in [-0.1, -0.05) is 31.6 Å². The second-order valence-electron chi connectivity index (χ2n) is 10.8. The molecular formula is C24H36OS2. The van der Waals surface area contributed by atoms with Gasteiger partial charge in [-0.25, -0.2) is 0 Å². The lowest BCUT2D eigenvalue weighted by atomic mass is 9.44.